The molecule has 28 heavy (non-hydrogen) atoms. The highest BCUT2D eigenvalue weighted by atomic mass is 32.2. The number of hydrogen-bond donors (Lipinski definition) is 0. The lowest BCUT2D eigenvalue weighted by atomic mass is 9.91. The molecule has 0 saturated heterocycles. The van der Waals surface area contributed by atoms with Crippen molar-refractivity contribution in [2.24, 2.45) is 5.92 Å². The van der Waals surface area contributed by atoms with E-state index < -0.39 is 0 Å². The summed E-state index contributed by atoms with van der Waals surface area (Å²) in [5, 5.41) is 0. The molecule has 0 amide bonds. The van der Waals surface area contributed by atoms with E-state index in [1.165, 1.54) is 9.76 Å². The van der Waals surface area contributed by atoms with Gasteiger partial charge in [-0.25, -0.2) is 0 Å². The number of ketones is 1. The molecule has 1 aliphatic carbocycles. The van der Waals surface area contributed by atoms with Crippen molar-refractivity contribution in [2.45, 2.75) is 29.7 Å². The van der Waals surface area contributed by atoms with Crippen LogP contribution in [0.1, 0.15) is 24.2 Å². The molecule has 2 unspecified atom stereocenters. The minimum Gasteiger partial charge on any atom is -0.491 e. The van der Waals surface area contributed by atoms with Gasteiger partial charge in [0.25, 0.3) is 0 Å². The summed E-state index contributed by atoms with van der Waals surface area (Å²) < 4.78 is 11.3. The first kappa shape index (κ1) is 18.9. The number of carbonyl (C=O) groups excluding carboxylic acids is 1. The van der Waals surface area contributed by atoms with Crippen LogP contribution in [-0.4, -0.2) is 30.0 Å². The Kier molecular flexibility index (Phi) is 5.60. The first-order chi connectivity index (χ1) is 13.6. The number of benzene rings is 2. The quantitative estimate of drug-likeness (QED) is 0.495. The Hall–Kier alpha value is -2.43. The molecule has 4 rings (SSSR count). The van der Waals surface area contributed by atoms with Crippen LogP contribution in [0.15, 0.2) is 82.6 Å². The molecule has 4 heteroatoms. The summed E-state index contributed by atoms with van der Waals surface area (Å²) in [5.41, 5.74) is 0.839. The van der Waals surface area contributed by atoms with Crippen molar-refractivity contribution in [2.75, 3.05) is 13.2 Å². The normalized spacial score (nSPS) is 20.2. The molecule has 1 aliphatic heterocycles. The Morgan fingerprint density at radius 2 is 1.79 bits per heavy atom. The first-order valence-electron chi connectivity index (χ1n) is 9.59. The van der Waals surface area contributed by atoms with Crippen molar-refractivity contribution in [3.8, 4) is 5.75 Å². The second-order valence-corrected chi connectivity index (χ2v) is 9.03. The van der Waals surface area contributed by atoms with Gasteiger partial charge in [-0.2, -0.15) is 0 Å². The monoisotopic (exact) mass is 392 g/mol. The summed E-state index contributed by atoms with van der Waals surface area (Å²) in [6.45, 7) is 5.15. The Bertz CT molecular complexity index is 968. The Morgan fingerprint density at radius 3 is 2.57 bits per heavy atom. The van der Waals surface area contributed by atoms with Crippen molar-refractivity contribution >= 4 is 21.1 Å². The lowest BCUT2D eigenvalue weighted by molar-refractivity contribution is 0.0552. The van der Waals surface area contributed by atoms with E-state index >= 15 is 0 Å². The number of rotatable bonds is 6. The third kappa shape index (κ3) is 3.75. The Labute approximate surface area is 168 Å². The standard InChI is InChI=1S/C24H24O3S/c1-17(2)26-15-16-27-18-11-13-19(14-12-18)28-22-9-5-3-7-20(22)24(25)21-8-4-6-10-23(21)28/h3-14,17,20H,15-16H2,1-2H3. The summed E-state index contributed by atoms with van der Waals surface area (Å²) in [6, 6.07) is 16.2. The average Bonchev–Trinajstić information content (AvgIpc) is 2.72. The topological polar surface area (TPSA) is 35.5 Å². The minimum absolute atomic E-state index is 0.160. The second kappa shape index (κ2) is 8.29. The van der Waals surface area contributed by atoms with Gasteiger partial charge in [-0.15, -0.1) is 10.5 Å². The summed E-state index contributed by atoms with van der Waals surface area (Å²) >= 11 is 0. The third-order valence-corrected chi connectivity index (χ3v) is 7.14. The zero-order valence-corrected chi connectivity index (χ0v) is 16.9. The smallest absolute Gasteiger partial charge is 0.175 e. The molecule has 0 bridgehead atoms. The van der Waals surface area contributed by atoms with Gasteiger partial charge in [0.2, 0.25) is 0 Å². The van der Waals surface area contributed by atoms with Crippen molar-refractivity contribution in [1.82, 2.24) is 0 Å². The van der Waals surface area contributed by atoms with Crippen LogP contribution in [-0.2, 0) is 4.74 Å². The Balaban J connectivity index is 1.64. The van der Waals surface area contributed by atoms with Gasteiger partial charge in [0, 0.05) is 15.4 Å². The zero-order valence-electron chi connectivity index (χ0n) is 16.1. The van der Waals surface area contributed by atoms with Gasteiger partial charge in [-0.3, -0.25) is 4.79 Å². The van der Waals surface area contributed by atoms with Gasteiger partial charge < -0.3 is 9.47 Å². The lowest BCUT2D eigenvalue weighted by Crippen LogP contribution is -2.27. The number of Topliss-reactive ketones (excluding diaryl/α,β-unsaturated/α-hetero) is 1. The number of ether oxygens (including phenoxy) is 2. The van der Waals surface area contributed by atoms with Gasteiger partial charge >= 0.3 is 0 Å². The van der Waals surface area contributed by atoms with Gasteiger partial charge in [0.05, 0.1) is 18.6 Å². The van der Waals surface area contributed by atoms with Crippen LogP contribution in [0.3, 0.4) is 0 Å². The molecule has 0 radical (unpaired) electrons. The van der Waals surface area contributed by atoms with E-state index in [2.05, 4.69) is 24.3 Å². The van der Waals surface area contributed by atoms with Gasteiger partial charge in [0.15, 0.2) is 5.78 Å². The van der Waals surface area contributed by atoms with Crippen LogP contribution in [0.2, 0.25) is 0 Å². The maximum Gasteiger partial charge on any atom is 0.175 e. The van der Waals surface area contributed by atoms with Crippen LogP contribution >= 0.6 is 10.5 Å². The predicted octanol–water partition coefficient (Wildman–Crippen LogP) is 5.29. The number of fused-ring (bicyclic) bond motifs is 2. The largest absolute Gasteiger partial charge is 0.491 e. The van der Waals surface area contributed by atoms with E-state index in [-0.39, 0.29) is 28.3 Å². The highest BCUT2D eigenvalue weighted by Gasteiger charge is 2.32. The fourth-order valence-electron chi connectivity index (χ4n) is 3.46. The van der Waals surface area contributed by atoms with Crippen LogP contribution in [0.25, 0.3) is 0 Å². The van der Waals surface area contributed by atoms with Crippen LogP contribution in [0.4, 0.5) is 0 Å². The third-order valence-electron chi connectivity index (χ3n) is 4.73. The van der Waals surface area contributed by atoms with Gasteiger partial charge in [-0.05, 0) is 49.0 Å². The molecule has 2 aromatic rings. The van der Waals surface area contributed by atoms with E-state index in [0.29, 0.717) is 13.2 Å². The summed E-state index contributed by atoms with van der Waals surface area (Å²) in [4.78, 5) is 16.4. The molecule has 0 saturated carbocycles. The number of hydrogen-bond acceptors (Lipinski definition) is 3. The molecule has 1 heterocycles. The Morgan fingerprint density at radius 1 is 1.00 bits per heavy atom. The second-order valence-electron chi connectivity index (χ2n) is 7.03. The zero-order chi connectivity index (χ0) is 19.5. The highest BCUT2D eigenvalue weighted by molar-refractivity contribution is 8.16. The van der Waals surface area contributed by atoms with E-state index in [1.54, 1.807) is 0 Å². The molecular formula is C24H24O3S. The van der Waals surface area contributed by atoms with E-state index in [9.17, 15) is 4.79 Å². The molecule has 144 valence electrons. The highest BCUT2D eigenvalue weighted by Crippen LogP contribution is 2.46. The summed E-state index contributed by atoms with van der Waals surface area (Å²) in [5.74, 6) is 0.870. The van der Waals surface area contributed by atoms with Crippen LogP contribution in [0.5, 0.6) is 5.75 Å². The van der Waals surface area contributed by atoms with Gasteiger partial charge in [-0.1, -0.05) is 42.5 Å². The SMILES string of the molecule is CC(C)OCCOc1ccc(S2=C3C=CC=CC3C(=O)c3ccccc32)cc1. The van der Waals surface area contributed by atoms with Crippen molar-refractivity contribution in [3.63, 3.8) is 0 Å². The maximum absolute atomic E-state index is 12.9. The molecule has 2 aromatic carbocycles. The summed E-state index contributed by atoms with van der Waals surface area (Å²) in [7, 11) is -0.264. The molecule has 2 aliphatic rings. The predicted molar refractivity (Wildman–Crippen MR) is 115 cm³/mol. The molecular weight excluding hydrogens is 368 g/mol. The van der Waals surface area contributed by atoms with Crippen LogP contribution < -0.4 is 4.74 Å². The maximum atomic E-state index is 12.9. The average molecular weight is 393 g/mol. The molecule has 0 spiro atoms. The molecule has 0 N–H and O–H groups in total. The molecule has 0 fully saturated rings. The minimum atomic E-state index is -0.264. The van der Waals surface area contributed by atoms with Crippen molar-refractivity contribution in [3.05, 3.63) is 78.4 Å². The lowest BCUT2D eigenvalue weighted by Gasteiger charge is -2.28. The number of carbonyl (C=O) groups is 1. The van der Waals surface area contributed by atoms with Crippen molar-refractivity contribution in [1.29, 1.82) is 0 Å². The molecule has 2 atom stereocenters. The number of allylic oxidation sites excluding steroid dienone is 4. The molecule has 0 aromatic heterocycles. The van der Waals surface area contributed by atoms with E-state index in [1.807, 2.05) is 62.4 Å². The van der Waals surface area contributed by atoms with E-state index in [0.717, 1.165) is 16.2 Å². The van der Waals surface area contributed by atoms with Crippen LogP contribution in [0, 0.1) is 5.92 Å². The fourth-order valence-corrected chi connectivity index (χ4v) is 5.90. The fraction of sp³-hybridized carbons (Fsp3) is 0.250. The van der Waals surface area contributed by atoms with Crippen molar-refractivity contribution < 1.29 is 14.3 Å². The van der Waals surface area contributed by atoms with Gasteiger partial charge in [0.1, 0.15) is 12.4 Å². The molecule has 3 nitrogen and oxygen atoms in total. The summed E-state index contributed by atoms with van der Waals surface area (Å²) in [6.07, 6.45) is 8.33. The van der Waals surface area contributed by atoms with E-state index in [4.69, 9.17) is 9.47 Å². The first-order valence-corrected chi connectivity index (χ1v) is 10.8.